The van der Waals surface area contributed by atoms with Crippen molar-refractivity contribution in [1.82, 2.24) is 0 Å². The number of ether oxygens (including phenoxy) is 1. The van der Waals surface area contributed by atoms with Crippen LogP contribution >= 0.6 is 22.6 Å². The van der Waals surface area contributed by atoms with E-state index in [4.69, 9.17) is 10.5 Å². The molecule has 0 aromatic heterocycles. The fraction of sp³-hybridized carbons (Fsp3) is 0.538. The number of hydrogen-bond donors (Lipinski definition) is 2. The summed E-state index contributed by atoms with van der Waals surface area (Å²) in [4.78, 5) is 0. The van der Waals surface area contributed by atoms with Gasteiger partial charge in [0.2, 0.25) is 0 Å². The maximum absolute atomic E-state index is 5.89. The Kier molecular flexibility index (Phi) is 6.65. The van der Waals surface area contributed by atoms with Gasteiger partial charge >= 0.3 is 0 Å². The fourth-order valence-corrected chi connectivity index (χ4v) is 1.89. The predicted molar refractivity (Wildman–Crippen MR) is 82.3 cm³/mol. The zero-order valence-electron chi connectivity index (χ0n) is 10.5. The largest absolute Gasteiger partial charge is 0.397 e. The van der Waals surface area contributed by atoms with Crippen LogP contribution in [0.1, 0.15) is 20.3 Å². The number of nitrogens with two attached hydrogens (primary N) is 1. The number of hydrogen-bond acceptors (Lipinski definition) is 3. The SMILES string of the molecule is CC(C)CCOCCNc1ccc(I)cc1N. The minimum Gasteiger partial charge on any atom is -0.397 e. The average molecular weight is 348 g/mol. The Hall–Kier alpha value is -0.490. The number of halogens is 1. The molecule has 0 amide bonds. The average Bonchev–Trinajstić information content (AvgIpc) is 2.25. The molecule has 0 aliphatic rings. The van der Waals surface area contributed by atoms with Crippen molar-refractivity contribution in [2.75, 3.05) is 30.8 Å². The first-order chi connectivity index (χ1) is 8.09. The Bertz CT molecular complexity index is 342. The van der Waals surface area contributed by atoms with Crippen molar-refractivity contribution in [1.29, 1.82) is 0 Å². The third-order valence-electron chi connectivity index (χ3n) is 2.42. The van der Waals surface area contributed by atoms with Crippen LogP contribution in [0.15, 0.2) is 18.2 Å². The molecule has 0 unspecified atom stereocenters. The van der Waals surface area contributed by atoms with Crippen LogP contribution in [0, 0.1) is 9.49 Å². The van der Waals surface area contributed by atoms with Crippen LogP contribution in [-0.4, -0.2) is 19.8 Å². The smallest absolute Gasteiger partial charge is 0.0639 e. The molecule has 0 saturated carbocycles. The molecule has 0 aliphatic carbocycles. The lowest BCUT2D eigenvalue weighted by Crippen LogP contribution is -2.11. The molecule has 3 nitrogen and oxygen atoms in total. The normalized spacial score (nSPS) is 10.8. The predicted octanol–water partition coefficient (Wildman–Crippen LogP) is 3.35. The van der Waals surface area contributed by atoms with Gasteiger partial charge in [0.15, 0.2) is 0 Å². The van der Waals surface area contributed by atoms with Crippen LogP contribution in [0.3, 0.4) is 0 Å². The van der Waals surface area contributed by atoms with Gasteiger partial charge in [-0.15, -0.1) is 0 Å². The highest BCUT2D eigenvalue weighted by Crippen LogP contribution is 2.20. The van der Waals surface area contributed by atoms with E-state index in [1.165, 1.54) is 0 Å². The number of benzene rings is 1. The molecular weight excluding hydrogens is 327 g/mol. The lowest BCUT2D eigenvalue weighted by Gasteiger charge is -2.10. The van der Waals surface area contributed by atoms with Gasteiger partial charge in [0, 0.05) is 16.7 Å². The van der Waals surface area contributed by atoms with Gasteiger partial charge in [-0.3, -0.25) is 0 Å². The Morgan fingerprint density at radius 1 is 1.35 bits per heavy atom. The third-order valence-corrected chi connectivity index (χ3v) is 3.09. The summed E-state index contributed by atoms with van der Waals surface area (Å²) in [7, 11) is 0. The van der Waals surface area contributed by atoms with E-state index in [0.29, 0.717) is 5.92 Å². The lowest BCUT2D eigenvalue weighted by atomic mass is 10.1. The highest BCUT2D eigenvalue weighted by Gasteiger charge is 1.99. The number of anilines is 2. The number of nitrogen functional groups attached to an aromatic ring is 1. The highest BCUT2D eigenvalue weighted by molar-refractivity contribution is 14.1. The van der Waals surface area contributed by atoms with Crippen LogP contribution < -0.4 is 11.1 Å². The van der Waals surface area contributed by atoms with Crippen LogP contribution in [0.25, 0.3) is 0 Å². The van der Waals surface area contributed by atoms with E-state index in [2.05, 4.69) is 41.8 Å². The van der Waals surface area contributed by atoms with Crippen molar-refractivity contribution in [2.24, 2.45) is 5.92 Å². The molecule has 17 heavy (non-hydrogen) atoms. The van der Waals surface area contributed by atoms with Gasteiger partial charge < -0.3 is 15.8 Å². The molecule has 1 aromatic rings. The molecular formula is C13H21IN2O. The minimum absolute atomic E-state index is 0.704. The van der Waals surface area contributed by atoms with Gasteiger partial charge in [0.1, 0.15) is 0 Å². The molecule has 0 spiro atoms. The van der Waals surface area contributed by atoms with Crippen molar-refractivity contribution in [2.45, 2.75) is 20.3 Å². The highest BCUT2D eigenvalue weighted by atomic mass is 127. The van der Waals surface area contributed by atoms with Crippen LogP contribution in [0.4, 0.5) is 11.4 Å². The van der Waals surface area contributed by atoms with Gasteiger partial charge in [0.25, 0.3) is 0 Å². The van der Waals surface area contributed by atoms with E-state index >= 15 is 0 Å². The quantitative estimate of drug-likeness (QED) is 0.451. The molecule has 0 atom stereocenters. The van der Waals surface area contributed by atoms with E-state index < -0.39 is 0 Å². The first-order valence-corrected chi connectivity index (χ1v) is 7.04. The molecule has 0 fully saturated rings. The van der Waals surface area contributed by atoms with Crippen molar-refractivity contribution in [3.8, 4) is 0 Å². The molecule has 96 valence electrons. The van der Waals surface area contributed by atoms with Gasteiger partial charge in [-0.2, -0.15) is 0 Å². The zero-order chi connectivity index (χ0) is 12.7. The molecule has 0 heterocycles. The van der Waals surface area contributed by atoms with Gasteiger partial charge in [-0.1, -0.05) is 13.8 Å². The maximum Gasteiger partial charge on any atom is 0.0639 e. The van der Waals surface area contributed by atoms with Crippen molar-refractivity contribution in [3.05, 3.63) is 21.8 Å². The van der Waals surface area contributed by atoms with Crippen LogP contribution in [0.2, 0.25) is 0 Å². The van der Waals surface area contributed by atoms with Crippen molar-refractivity contribution in [3.63, 3.8) is 0 Å². The summed E-state index contributed by atoms with van der Waals surface area (Å²) in [6, 6.07) is 6.01. The number of nitrogens with one attached hydrogen (secondary N) is 1. The van der Waals surface area contributed by atoms with Crippen molar-refractivity contribution >= 4 is 34.0 Å². The molecule has 0 bridgehead atoms. The second-order valence-corrected chi connectivity index (χ2v) is 5.70. The minimum atomic E-state index is 0.704. The maximum atomic E-state index is 5.89. The molecule has 0 aliphatic heterocycles. The van der Waals surface area contributed by atoms with Crippen molar-refractivity contribution < 1.29 is 4.74 Å². The summed E-state index contributed by atoms with van der Waals surface area (Å²) >= 11 is 2.25. The summed E-state index contributed by atoms with van der Waals surface area (Å²) in [6.45, 7) is 6.75. The van der Waals surface area contributed by atoms with Crippen LogP contribution in [-0.2, 0) is 4.74 Å². The molecule has 3 N–H and O–H groups in total. The molecule has 4 heteroatoms. The van der Waals surface area contributed by atoms with Gasteiger partial charge in [-0.25, -0.2) is 0 Å². The molecule has 0 saturated heterocycles. The number of rotatable bonds is 7. The van der Waals surface area contributed by atoms with E-state index in [-0.39, 0.29) is 0 Å². The first-order valence-electron chi connectivity index (χ1n) is 5.96. The second kappa shape index (κ2) is 7.76. The monoisotopic (exact) mass is 348 g/mol. The Labute approximate surface area is 117 Å². The van der Waals surface area contributed by atoms with E-state index in [1.807, 2.05) is 18.2 Å². The first kappa shape index (κ1) is 14.6. The van der Waals surface area contributed by atoms with Crippen LogP contribution in [0.5, 0.6) is 0 Å². The van der Waals surface area contributed by atoms with E-state index in [9.17, 15) is 0 Å². The van der Waals surface area contributed by atoms with E-state index in [0.717, 1.165) is 41.1 Å². The second-order valence-electron chi connectivity index (χ2n) is 4.45. The Morgan fingerprint density at radius 2 is 2.12 bits per heavy atom. The summed E-state index contributed by atoms with van der Waals surface area (Å²) < 4.78 is 6.68. The third kappa shape index (κ3) is 6.12. The summed E-state index contributed by atoms with van der Waals surface area (Å²) in [5.74, 6) is 0.704. The molecule has 1 rings (SSSR count). The Morgan fingerprint density at radius 3 is 2.76 bits per heavy atom. The Balaban J connectivity index is 2.18. The topological polar surface area (TPSA) is 47.3 Å². The summed E-state index contributed by atoms with van der Waals surface area (Å²) in [5, 5.41) is 3.27. The fourth-order valence-electron chi connectivity index (χ4n) is 1.37. The zero-order valence-corrected chi connectivity index (χ0v) is 12.7. The lowest BCUT2D eigenvalue weighted by molar-refractivity contribution is 0.133. The van der Waals surface area contributed by atoms with Gasteiger partial charge in [0.05, 0.1) is 18.0 Å². The summed E-state index contributed by atoms with van der Waals surface area (Å²) in [5.41, 5.74) is 7.67. The van der Waals surface area contributed by atoms with E-state index in [1.54, 1.807) is 0 Å². The standard InChI is InChI=1S/C13H21IN2O/c1-10(2)5-7-17-8-6-16-13-4-3-11(14)9-12(13)15/h3-4,9-10,16H,5-8,15H2,1-2H3. The molecule has 0 radical (unpaired) electrons. The summed E-state index contributed by atoms with van der Waals surface area (Å²) in [6.07, 6.45) is 1.12. The van der Waals surface area contributed by atoms with Gasteiger partial charge in [-0.05, 0) is 53.1 Å². The molecule has 1 aromatic carbocycles.